The fourth-order valence-corrected chi connectivity index (χ4v) is 4.28. The molecule has 0 unspecified atom stereocenters. The zero-order valence-electron chi connectivity index (χ0n) is 14.6. The molecule has 1 heterocycles. The third-order valence-electron chi connectivity index (χ3n) is 4.05. The van der Waals surface area contributed by atoms with Gasteiger partial charge in [-0.15, -0.1) is 11.3 Å². The monoisotopic (exact) mass is 403 g/mol. The highest BCUT2D eigenvalue weighted by molar-refractivity contribution is 7.91. The minimum Gasteiger partial charge on any atom is -0.317 e. The van der Waals surface area contributed by atoms with Crippen molar-refractivity contribution in [1.29, 1.82) is 0 Å². The first-order valence-corrected chi connectivity index (χ1v) is 10.9. The van der Waals surface area contributed by atoms with Gasteiger partial charge in [0.2, 0.25) is 5.91 Å². The van der Waals surface area contributed by atoms with E-state index in [1.54, 1.807) is 31.2 Å². The zero-order chi connectivity index (χ0) is 19.4. The molecule has 4 nitrogen and oxygen atoms in total. The summed E-state index contributed by atoms with van der Waals surface area (Å²) in [4.78, 5) is 12.5. The van der Waals surface area contributed by atoms with Crippen molar-refractivity contribution in [3.8, 4) is 11.1 Å². The molecule has 3 aromatic rings. The second-order valence-corrected chi connectivity index (χ2v) is 9.17. The molecule has 1 amide bonds. The quantitative estimate of drug-likeness (QED) is 0.658. The van der Waals surface area contributed by atoms with Crippen LogP contribution in [0.3, 0.4) is 0 Å². The first-order chi connectivity index (χ1) is 12.9. The highest BCUT2D eigenvalue weighted by atomic mass is 32.2. The van der Waals surface area contributed by atoms with Crippen molar-refractivity contribution in [3.05, 3.63) is 71.4 Å². The maximum absolute atomic E-state index is 13.3. The van der Waals surface area contributed by atoms with Crippen molar-refractivity contribution >= 4 is 32.1 Å². The maximum Gasteiger partial charge on any atom is 0.229 e. The third kappa shape index (κ3) is 4.81. The Bertz CT molecular complexity index is 1060. The average molecular weight is 404 g/mol. The SMILES string of the molecule is CCS(=O)(=O)c1ccc(CC(=O)Nc2cc(-c3cccc(F)c3)cs2)cc1. The molecule has 0 spiro atoms. The largest absolute Gasteiger partial charge is 0.317 e. The molecule has 0 radical (unpaired) electrons. The summed E-state index contributed by atoms with van der Waals surface area (Å²) in [5, 5.41) is 5.35. The number of halogens is 1. The molecule has 0 atom stereocenters. The van der Waals surface area contributed by atoms with Gasteiger partial charge >= 0.3 is 0 Å². The van der Waals surface area contributed by atoms with E-state index in [1.165, 1.54) is 35.6 Å². The number of hydrogen-bond donors (Lipinski definition) is 1. The summed E-state index contributed by atoms with van der Waals surface area (Å²) in [5.41, 5.74) is 2.31. The van der Waals surface area contributed by atoms with Crippen LogP contribution in [0.1, 0.15) is 12.5 Å². The Morgan fingerprint density at radius 3 is 2.48 bits per heavy atom. The molecule has 0 saturated carbocycles. The molecule has 0 aliphatic rings. The Balaban J connectivity index is 1.65. The molecule has 0 bridgehead atoms. The number of amides is 1. The summed E-state index contributed by atoms with van der Waals surface area (Å²) in [6.07, 6.45) is 0.139. The normalized spacial score (nSPS) is 11.3. The summed E-state index contributed by atoms with van der Waals surface area (Å²) in [5.74, 6) is -0.467. The molecule has 0 saturated heterocycles. The topological polar surface area (TPSA) is 63.2 Å². The number of hydrogen-bond acceptors (Lipinski definition) is 4. The Morgan fingerprint density at radius 2 is 1.81 bits per heavy atom. The van der Waals surface area contributed by atoms with E-state index in [4.69, 9.17) is 0 Å². The van der Waals surface area contributed by atoms with E-state index < -0.39 is 9.84 Å². The molecular weight excluding hydrogens is 385 g/mol. The van der Waals surface area contributed by atoms with E-state index in [-0.39, 0.29) is 28.8 Å². The first kappa shape index (κ1) is 19.3. The molecule has 0 aliphatic heterocycles. The van der Waals surface area contributed by atoms with Crippen LogP contribution in [0.2, 0.25) is 0 Å². The van der Waals surface area contributed by atoms with Crippen LogP contribution in [0.25, 0.3) is 11.1 Å². The van der Waals surface area contributed by atoms with Gasteiger partial charge in [-0.05, 0) is 47.0 Å². The fraction of sp³-hybridized carbons (Fsp3) is 0.150. The van der Waals surface area contributed by atoms with Gasteiger partial charge in [0.15, 0.2) is 9.84 Å². The molecule has 140 valence electrons. The van der Waals surface area contributed by atoms with Gasteiger partial charge in [-0.2, -0.15) is 0 Å². The van der Waals surface area contributed by atoms with Crippen molar-refractivity contribution in [1.82, 2.24) is 0 Å². The summed E-state index contributed by atoms with van der Waals surface area (Å²) in [7, 11) is -3.24. The van der Waals surface area contributed by atoms with Gasteiger partial charge in [0.05, 0.1) is 22.1 Å². The molecule has 0 fully saturated rings. The van der Waals surface area contributed by atoms with Gasteiger partial charge in [-0.3, -0.25) is 4.79 Å². The number of carbonyl (C=O) groups excluding carboxylic acids is 1. The van der Waals surface area contributed by atoms with Crippen molar-refractivity contribution in [2.45, 2.75) is 18.2 Å². The predicted octanol–water partition coefficient (Wildman–Crippen LogP) is 4.53. The van der Waals surface area contributed by atoms with Gasteiger partial charge in [0.25, 0.3) is 0 Å². The molecular formula is C20H18FNO3S2. The van der Waals surface area contributed by atoms with Crippen LogP contribution in [0, 0.1) is 5.82 Å². The number of sulfone groups is 1. The smallest absolute Gasteiger partial charge is 0.229 e. The van der Waals surface area contributed by atoms with Crippen molar-refractivity contribution in [3.63, 3.8) is 0 Å². The van der Waals surface area contributed by atoms with Gasteiger partial charge < -0.3 is 5.32 Å². The summed E-state index contributed by atoms with van der Waals surface area (Å²) in [6.45, 7) is 1.59. The average Bonchev–Trinajstić information content (AvgIpc) is 3.10. The van der Waals surface area contributed by atoms with Crippen LogP contribution >= 0.6 is 11.3 Å². The standard InChI is InChI=1S/C20H18FNO3S2/c1-2-27(24,25)18-8-6-14(7-9-18)10-19(23)22-20-12-16(13-26-20)15-4-3-5-17(21)11-15/h3-9,11-13H,2,10H2,1H3,(H,22,23). The molecule has 27 heavy (non-hydrogen) atoms. The molecule has 1 aromatic heterocycles. The number of thiophene rings is 1. The van der Waals surface area contributed by atoms with E-state index in [1.807, 2.05) is 11.4 Å². The minimum absolute atomic E-state index is 0.0405. The van der Waals surface area contributed by atoms with Gasteiger partial charge in [0, 0.05) is 5.38 Å². The van der Waals surface area contributed by atoms with E-state index in [0.29, 0.717) is 5.00 Å². The minimum atomic E-state index is -3.24. The lowest BCUT2D eigenvalue weighted by Crippen LogP contribution is -2.13. The van der Waals surface area contributed by atoms with Crippen LogP contribution in [-0.4, -0.2) is 20.1 Å². The maximum atomic E-state index is 13.3. The van der Waals surface area contributed by atoms with Crippen LogP contribution in [0.15, 0.2) is 64.9 Å². The van der Waals surface area contributed by atoms with Crippen molar-refractivity contribution < 1.29 is 17.6 Å². The van der Waals surface area contributed by atoms with E-state index in [9.17, 15) is 17.6 Å². The Hall–Kier alpha value is -2.51. The van der Waals surface area contributed by atoms with Crippen LogP contribution in [-0.2, 0) is 21.1 Å². The molecule has 7 heteroatoms. The second-order valence-electron chi connectivity index (χ2n) is 5.98. The lowest BCUT2D eigenvalue weighted by atomic mass is 10.1. The summed E-state index contributed by atoms with van der Waals surface area (Å²) in [6, 6.07) is 14.4. The van der Waals surface area contributed by atoms with E-state index in [2.05, 4.69) is 5.32 Å². The lowest BCUT2D eigenvalue weighted by Gasteiger charge is -2.05. The Labute approximate surface area is 161 Å². The highest BCUT2D eigenvalue weighted by Crippen LogP contribution is 2.29. The van der Waals surface area contributed by atoms with Crippen LogP contribution in [0.5, 0.6) is 0 Å². The van der Waals surface area contributed by atoms with Gasteiger partial charge in [-0.1, -0.05) is 31.2 Å². The Morgan fingerprint density at radius 1 is 1.07 bits per heavy atom. The molecule has 1 N–H and O–H groups in total. The van der Waals surface area contributed by atoms with Crippen molar-refractivity contribution in [2.24, 2.45) is 0 Å². The van der Waals surface area contributed by atoms with E-state index >= 15 is 0 Å². The van der Waals surface area contributed by atoms with Crippen LogP contribution in [0.4, 0.5) is 9.39 Å². The van der Waals surface area contributed by atoms with Gasteiger partial charge in [-0.25, -0.2) is 12.8 Å². The number of carbonyl (C=O) groups is 1. The summed E-state index contributed by atoms with van der Waals surface area (Å²) >= 11 is 1.36. The molecule has 3 rings (SSSR count). The number of nitrogens with one attached hydrogen (secondary N) is 1. The lowest BCUT2D eigenvalue weighted by molar-refractivity contribution is -0.115. The first-order valence-electron chi connectivity index (χ1n) is 8.33. The predicted molar refractivity (Wildman–Crippen MR) is 106 cm³/mol. The highest BCUT2D eigenvalue weighted by Gasteiger charge is 2.12. The molecule has 0 aliphatic carbocycles. The zero-order valence-corrected chi connectivity index (χ0v) is 16.2. The molecule has 2 aromatic carbocycles. The number of rotatable bonds is 6. The fourth-order valence-electron chi connectivity index (χ4n) is 2.57. The number of benzene rings is 2. The Kier molecular flexibility index (Phi) is 5.72. The summed E-state index contributed by atoms with van der Waals surface area (Å²) < 4.78 is 37.0. The third-order valence-corrected chi connectivity index (χ3v) is 6.64. The number of anilines is 1. The van der Waals surface area contributed by atoms with Crippen LogP contribution < -0.4 is 5.32 Å². The van der Waals surface area contributed by atoms with E-state index in [0.717, 1.165) is 16.7 Å². The van der Waals surface area contributed by atoms with Gasteiger partial charge in [0.1, 0.15) is 5.82 Å². The van der Waals surface area contributed by atoms with Crippen molar-refractivity contribution in [2.75, 3.05) is 11.1 Å². The second kappa shape index (κ2) is 8.02.